The summed E-state index contributed by atoms with van der Waals surface area (Å²) in [6.07, 6.45) is 0. The Morgan fingerprint density at radius 2 is 1.53 bits per heavy atom. The van der Waals surface area contributed by atoms with Crippen LogP contribution in [-0.2, 0) is 4.79 Å². The van der Waals surface area contributed by atoms with Crippen LogP contribution >= 0.6 is 11.8 Å². The Morgan fingerprint density at radius 3 is 2.12 bits per heavy atom. The third kappa shape index (κ3) is 4.50. The molecule has 0 aliphatic heterocycles. The van der Waals surface area contributed by atoms with Gasteiger partial charge in [0.15, 0.2) is 5.82 Å². The molecule has 0 spiro atoms. The second-order valence-electron chi connectivity index (χ2n) is 7.17. The Hall–Kier alpha value is -3.65. The first-order valence-electron chi connectivity index (χ1n) is 10.00. The van der Waals surface area contributed by atoms with Gasteiger partial charge in [0, 0.05) is 7.05 Å². The number of halogens is 1. The van der Waals surface area contributed by atoms with E-state index in [0.29, 0.717) is 5.16 Å². The van der Waals surface area contributed by atoms with Crippen LogP contribution in [0.1, 0.15) is 17.2 Å². The minimum Gasteiger partial charge on any atom is -0.335 e. The third-order valence-electron chi connectivity index (χ3n) is 5.12. The number of aromatic nitrogens is 3. The van der Waals surface area contributed by atoms with Crippen molar-refractivity contribution in [2.75, 3.05) is 18.6 Å². The van der Waals surface area contributed by atoms with Gasteiger partial charge in [-0.3, -0.25) is 4.79 Å². The van der Waals surface area contributed by atoms with Crippen LogP contribution in [0.25, 0.3) is 11.4 Å². The number of nitrogen functional groups attached to an aromatic ring is 1. The van der Waals surface area contributed by atoms with Crippen LogP contribution in [0, 0.1) is 5.82 Å². The first-order valence-corrected chi connectivity index (χ1v) is 11.0. The van der Waals surface area contributed by atoms with Crippen molar-refractivity contribution in [1.82, 2.24) is 19.8 Å². The maximum absolute atomic E-state index is 14.1. The van der Waals surface area contributed by atoms with Gasteiger partial charge in [0.25, 0.3) is 0 Å². The highest BCUT2D eigenvalue weighted by Gasteiger charge is 2.24. The summed E-state index contributed by atoms with van der Waals surface area (Å²) in [7, 11) is 1.78. The molecule has 1 aromatic heterocycles. The number of carbonyl (C=O) groups is 1. The lowest BCUT2D eigenvalue weighted by atomic mass is 9.97. The normalized spacial score (nSPS) is 11.0. The monoisotopic (exact) mass is 447 g/mol. The molecule has 4 rings (SSSR count). The molecule has 0 fully saturated rings. The fourth-order valence-corrected chi connectivity index (χ4v) is 4.26. The second-order valence-corrected chi connectivity index (χ2v) is 8.12. The van der Waals surface area contributed by atoms with Crippen LogP contribution in [-0.4, -0.2) is 38.5 Å². The summed E-state index contributed by atoms with van der Waals surface area (Å²) in [5.41, 5.74) is 2.29. The largest absolute Gasteiger partial charge is 0.335 e. The summed E-state index contributed by atoms with van der Waals surface area (Å²) in [4.78, 5) is 14.8. The van der Waals surface area contributed by atoms with Crippen LogP contribution in [0.15, 0.2) is 90.1 Å². The zero-order chi connectivity index (χ0) is 22.5. The summed E-state index contributed by atoms with van der Waals surface area (Å²) < 4.78 is 15.3. The van der Waals surface area contributed by atoms with Crippen LogP contribution in [0.5, 0.6) is 0 Å². The van der Waals surface area contributed by atoms with Gasteiger partial charge >= 0.3 is 0 Å². The lowest BCUT2D eigenvalue weighted by molar-refractivity contribution is -0.128. The molecule has 1 amide bonds. The SMILES string of the molecule is CN(C(=O)CSc1nnc(-c2ccccc2F)n1N)C(c1ccccc1)c1ccccc1. The van der Waals surface area contributed by atoms with Crippen LogP contribution in [0.2, 0.25) is 0 Å². The Morgan fingerprint density at radius 1 is 0.969 bits per heavy atom. The third-order valence-corrected chi connectivity index (χ3v) is 6.04. The summed E-state index contributed by atoms with van der Waals surface area (Å²) in [6.45, 7) is 0. The Balaban J connectivity index is 1.52. The van der Waals surface area contributed by atoms with E-state index in [0.717, 1.165) is 22.9 Å². The fraction of sp³-hybridized carbons (Fsp3) is 0.125. The van der Waals surface area contributed by atoms with E-state index in [-0.39, 0.29) is 29.1 Å². The molecule has 1 heterocycles. The average Bonchev–Trinajstić information content (AvgIpc) is 3.19. The summed E-state index contributed by atoms with van der Waals surface area (Å²) in [6, 6.07) is 25.7. The summed E-state index contributed by atoms with van der Waals surface area (Å²) >= 11 is 1.16. The van der Waals surface area contributed by atoms with Crippen molar-refractivity contribution in [2.24, 2.45) is 0 Å². The molecule has 0 aliphatic rings. The summed E-state index contributed by atoms with van der Waals surface area (Å²) in [5, 5.41) is 8.38. The van der Waals surface area contributed by atoms with Crippen molar-refractivity contribution in [1.29, 1.82) is 0 Å². The van der Waals surface area contributed by atoms with Gasteiger partial charge in [0.2, 0.25) is 11.1 Å². The molecular weight excluding hydrogens is 425 g/mol. The van der Waals surface area contributed by atoms with Gasteiger partial charge in [-0.25, -0.2) is 9.07 Å². The van der Waals surface area contributed by atoms with E-state index in [1.165, 1.54) is 10.7 Å². The highest BCUT2D eigenvalue weighted by molar-refractivity contribution is 7.99. The number of hydrogen-bond acceptors (Lipinski definition) is 5. The molecule has 0 atom stereocenters. The van der Waals surface area contributed by atoms with Gasteiger partial charge in [-0.05, 0) is 23.3 Å². The maximum atomic E-state index is 14.1. The van der Waals surface area contributed by atoms with E-state index in [1.807, 2.05) is 60.7 Å². The van der Waals surface area contributed by atoms with Crippen molar-refractivity contribution in [2.45, 2.75) is 11.2 Å². The quantitative estimate of drug-likeness (QED) is 0.340. The Labute approximate surface area is 189 Å². The molecule has 0 saturated heterocycles. The predicted octanol–water partition coefficient (Wildman–Crippen LogP) is 4.14. The van der Waals surface area contributed by atoms with Crippen LogP contribution < -0.4 is 5.84 Å². The summed E-state index contributed by atoms with van der Waals surface area (Å²) in [5.74, 6) is 5.87. The van der Waals surface area contributed by atoms with Gasteiger partial charge < -0.3 is 10.7 Å². The number of rotatable bonds is 7. The number of hydrogen-bond donors (Lipinski definition) is 1. The highest BCUT2D eigenvalue weighted by Crippen LogP contribution is 2.29. The molecule has 4 aromatic rings. The molecule has 3 aromatic carbocycles. The van der Waals surface area contributed by atoms with E-state index in [1.54, 1.807) is 30.1 Å². The zero-order valence-corrected chi connectivity index (χ0v) is 18.2. The topological polar surface area (TPSA) is 77.0 Å². The molecule has 2 N–H and O–H groups in total. The van der Waals surface area contributed by atoms with Crippen LogP contribution in [0.3, 0.4) is 0 Å². The highest BCUT2D eigenvalue weighted by atomic mass is 32.2. The minimum atomic E-state index is -0.437. The number of nitrogens with two attached hydrogens (primary N) is 1. The maximum Gasteiger partial charge on any atom is 0.233 e. The van der Waals surface area contributed by atoms with Crippen LogP contribution in [0.4, 0.5) is 4.39 Å². The number of thioether (sulfide) groups is 1. The molecule has 32 heavy (non-hydrogen) atoms. The van der Waals surface area contributed by atoms with Crippen molar-refractivity contribution in [3.05, 3.63) is 102 Å². The number of carbonyl (C=O) groups excluding carboxylic acids is 1. The standard InChI is InChI=1S/C24H22FN5OS/c1-29(22(17-10-4-2-5-11-17)18-12-6-3-7-13-18)21(31)16-32-24-28-27-23(30(24)26)19-14-8-9-15-20(19)25/h2-15,22H,16,26H2,1H3. The molecule has 0 bridgehead atoms. The zero-order valence-electron chi connectivity index (χ0n) is 17.4. The van der Waals surface area contributed by atoms with E-state index in [2.05, 4.69) is 10.2 Å². The lowest BCUT2D eigenvalue weighted by Gasteiger charge is -2.29. The fourth-order valence-electron chi connectivity index (χ4n) is 3.48. The van der Waals surface area contributed by atoms with E-state index in [9.17, 15) is 9.18 Å². The van der Waals surface area contributed by atoms with E-state index in [4.69, 9.17) is 5.84 Å². The number of amides is 1. The molecule has 0 radical (unpaired) electrons. The molecule has 8 heteroatoms. The van der Waals surface area contributed by atoms with Crippen molar-refractivity contribution in [3.8, 4) is 11.4 Å². The van der Waals surface area contributed by atoms with E-state index < -0.39 is 5.82 Å². The number of nitrogens with zero attached hydrogens (tertiary/aromatic N) is 4. The molecular formula is C24H22FN5OS. The minimum absolute atomic E-state index is 0.0943. The Kier molecular flexibility index (Phi) is 6.51. The van der Waals surface area contributed by atoms with Gasteiger partial charge in [-0.15, -0.1) is 10.2 Å². The predicted molar refractivity (Wildman–Crippen MR) is 124 cm³/mol. The van der Waals surface area contributed by atoms with Crippen molar-refractivity contribution >= 4 is 17.7 Å². The second kappa shape index (κ2) is 9.65. The number of benzene rings is 3. The molecule has 0 aliphatic carbocycles. The van der Waals surface area contributed by atoms with Crippen molar-refractivity contribution in [3.63, 3.8) is 0 Å². The van der Waals surface area contributed by atoms with Crippen molar-refractivity contribution < 1.29 is 9.18 Å². The lowest BCUT2D eigenvalue weighted by Crippen LogP contribution is -2.33. The van der Waals surface area contributed by atoms with E-state index >= 15 is 0 Å². The molecule has 6 nitrogen and oxygen atoms in total. The molecule has 0 saturated carbocycles. The average molecular weight is 448 g/mol. The first kappa shape index (κ1) is 21.6. The Bertz CT molecular complexity index is 1160. The van der Waals surface area contributed by atoms with Gasteiger partial charge in [-0.1, -0.05) is 84.6 Å². The van der Waals surface area contributed by atoms with Gasteiger partial charge in [0.1, 0.15) is 5.82 Å². The smallest absolute Gasteiger partial charge is 0.233 e. The molecule has 162 valence electrons. The first-order chi connectivity index (χ1) is 15.6. The van der Waals surface area contributed by atoms with Gasteiger partial charge in [-0.2, -0.15) is 0 Å². The molecule has 0 unspecified atom stereocenters. The van der Waals surface area contributed by atoms with Gasteiger partial charge in [0.05, 0.1) is 17.4 Å².